The van der Waals surface area contributed by atoms with Crippen LogP contribution < -0.4 is 10.6 Å². The van der Waals surface area contributed by atoms with Crippen molar-refractivity contribution in [3.8, 4) is 22.5 Å². The number of urea groups is 1. The highest BCUT2D eigenvalue weighted by Gasteiger charge is 2.53. The van der Waals surface area contributed by atoms with Gasteiger partial charge >= 0.3 is 18.1 Å². The molecule has 0 unspecified atom stereocenters. The Kier molecular flexibility index (Phi) is 9.43. The van der Waals surface area contributed by atoms with E-state index in [4.69, 9.17) is 25.6 Å². The Morgan fingerprint density at radius 3 is 2.22 bits per heavy atom. The van der Waals surface area contributed by atoms with Gasteiger partial charge in [0.2, 0.25) is 0 Å². The summed E-state index contributed by atoms with van der Waals surface area (Å²) >= 11 is 6.25. The van der Waals surface area contributed by atoms with Crippen molar-refractivity contribution in [3.63, 3.8) is 0 Å². The Morgan fingerprint density at radius 1 is 0.978 bits per heavy atom. The van der Waals surface area contributed by atoms with E-state index in [2.05, 4.69) is 15.8 Å². The van der Waals surface area contributed by atoms with Crippen molar-refractivity contribution >= 4 is 35.4 Å². The Hall–Kier alpha value is -4.83. The lowest BCUT2D eigenvalue weighted by molar-refractivity contribution is -0.156. The molecule has 4 aromatic rings. The third-order valence-corrected chi connectivity index (χ3v) is 8.18. The van der Waals surface area contributed by atoms with Gasteiger partial charge < -0.3 is 24.2 Å². The number of aryl methyl sites for hydroxylation is 1. The summed E-state index contributed by atoms with van der Waals surface area (Å²) in [4.78, 5) is 39.7. The Labute approximate surface area is 266 Å². The molecule has 0 bridgehead atoms. The van der Waals surface area contributed by atoms with E-state index < -0.39 is 17.6 Å². The molecule has 3 amide bonds. The quantitative estimate of drug-likeness (QED) is 0.189. The first kappa shape index (κ1) is 31.6. The molecule has 3 aromatic carbocycles. The first-order valence-electron chi connectivity index (χ1n) is 14.8. The van der Waals surface area contributed by atoms with Crippen LogP contribution in [0.2, 0.25) is 5.02 Å². The molecule has 1 aromatic heterocycles. The number of nitrogens with one attached hydrogen (secondary N) is 2. The third-order valence-electron chi connectivity index (χ3n) is 7.84. The van der Waals surface area contributed by atoms with Crippen molar-refractivity contribution in [2.45, 2.75) is 39.2 Å². The maximum atomic E-state index is 13.0. The number of nitrogens with zero attached hydrogens (tertiary/aromatic N) is 2. The van der Waals surface area contributed by atoms with Crippen LogP contribution in [-0.2, 0) is 19.7 Å². The Balaban J connectivity index is 1.29. The number of halogens is 1. The highest BCUT2D eigenvalue weighted by molar-refractivity contribution is 6.31. The molecule has 10 nitrogen and oxygen atoms in total. The van der Waals surface area contributed by atoms with Gasteiger partial charge in [-0.15, -0.1) is 0 Å². The molecule has 0 radical (unpaired) electrons. The summed E-state index contributed by atoms with van der Waals surface area (Å²) in [6.07, 6.45) is -1.23. The van der Waals surface area contributed by atoms with E-state index in [0.29, 0.717) is 39.8 Å². The predicted octanol–water partition coefficient (Wildman–Crippen LogP) is 7.13. The van der Waals surface area contributed by atoms with Gasteiger partial charge in [-0.3, -0.25) is 10.1 Å². The summed E-state index contributed by atoms with van der Waals surface area (Å²) in [6.45, 7) is 8.39. The summed E-state index contributed by atoms with van der Waals surface area (Å²) in [5, 5.41) is 10.1. The number of rotatable bonds is 9. The maximum Gasteiger partial charge on any atom is 0.412 e. The largest absolute Gasteiger partial charge is 0.465 e. The number of likely N-dealkylation sites (tertiary alicyclic amines) is 1. The lowest BCUT2D eigenvalue weighted by atomic mass is 9.73. The molecular weight excluding hydrogens is 596 g/mol. The SMILES string of the molecule is CCNC(=O)N1CC(C(=O)OCC)(c2ccc(-c3ccc(-c4onc(C)c4NC(=O)O[C@H](C)c4ccccc4Cl)cc3)cc2)C1. The number of ether oxygens (including phenoxy) is 2. The molecule has 1 aliphatic heterocycles. The van der Waals surface area contributed by atoms with Crippen molar-refractivity contribution in [2.24, 2.45) is 0 Å². The first-order valence-corrected chi connectivity index (χ1v) is 15.1. The van der Waals surface area contributed by atoms with Crippen molar-refractivity contribution in [1.82, 2.24) is 15.4 Å². The minimum atomic E-state index is -0.899. The van der Waals surface area contributed by atoms with Crippen molar-refractivity contribution < 1.29 is 28.4 Å². The van der Waals surface area contributed by atoms with Crippen molar-refractivity contribution in [1.29, 1.82) is 0 Å². The number of carbonyl (C=O) groups excluding carboxylic acids is 3. The molecule has 2 N–H and O–H groups in total. The normalized spacial score (nSPS) is 14.2. The number of amides is 3. The van der Waals surface area contributed by atoms with Gasteiger partial charge in [-0.1, -0.05) is 83.5 Å². The van der Waals surface area contributed by atoms with E-state index >= 15 is 0 Å². The molecule has 5 rings (SSSR count). The van der Waals surface area contributed by atoms with Gasteiger partial charge in [-0.05, 0) is 50.5 Å². The van der Waals surface area contributed by atoms with Crippen LogP contribution >= 0.6 is 11.6 Å². The van der Waals surface area contributed by atoms with Gasteiger partial charge in [-0.25, -0.2) is 9.59 Å². The minimum Gasteiger partial charge on any atom is -0.465 e. The molecule has 1 aliphatic rings. The van der Waals surface area contributed by atoms with E-state index in [-0.39, 0.29) is 31.7 Å². The molecule has 1 saturated heterocycles. The molecule has 0 aliphatic carbocycles. The fourth-order valence-corrected chi connectivity index (χ4v) is 5.67. The average molecular weight is 631 g/mol. The van der Waals surface area contributed by atoms with E-state index in [9.17, 15) is 14.4 Å². The first-order chi connectivity index (χ1) is 21.7. The minimum absolute atomic E-state index is 0.196. The van der Waals surface area contributed by atoms with E-state index in [1.165, 1.54) is 0 Å². The Morgan fingerprint density at radius 2 is 1.60 bits per heavy atom. The van der Waals surface area contributed by atoms with E-state index in [1.54, 1.807) is 37.8 Å². The standard InChI is InChI=1S/C34H35ClN4O6/c1-5-36-32(41)39-19-34(20-39,31(40)43-6-2)26-17-15-24(16-18-26)23-11-13-25(14-12-23)30-29(21(3)38-45-30)37-33(42)44-22(4)27-9-7-8-10-28(27)35/h7-18,22H,5-6,19-20H2,1-4H3,(H,36,41)(H,37,42)/t22-/m1/s1. The number of hydrogen-bond acceptors (Lipinski definition) is 7. The van der Waals surface area contributed by atoms with Crippen LogP contribution in [0.15, 0.2) is 77.3 Å². The van der Waals surface area contributed by atoms with Crippen LogP contribution in [0.5, 0.6) is 0 Å². The van der Waals surface area contributed by atoms with Crippen LogP contribution in [-0.4, -0.2) is 54.4 Å². The summed E-state index contributed by atoms with van der Waals surface area (Å²) in [5.74, 6) is 0.0615. The maximum absolute atomic E-state index is 13.0. The predicted molar refractivity (Wildman–Crippen MR) is 171 cm³/mol. The second-order valence-corrected chi connectivity index (χ2v) is 11.2. The Bertz CT molecular complexity index is 1680. The van der Waals surface area contributed by atoms with Crippen molar-refractivity contribution in [2.75, 3.05) is 31.6 Å². The summed E-state index contributed by atoms with van der Waals surface area (Å²) < 4.78 is 16.5. The molecule has 0 saturated carbocycles. The van der Waals surface area contributed by atoms with Gasteiger partial charge in [0.1, 0.15) is 22.9 Å². The van der Waals surface area contributed by atoms with Gasteiger partial charge in [0.15, 0.2) is 5.76 Å². The zero-order valence-corrected chi connectivity index (χ0v) is 26.3. The number of benzene rings is 3. The molecule has 0 spiro atoms. The molecule has 11 heteroatoms. The van der Waals surface area contributed by atoms with E-state index in [0.717, 1.165) is 16.7 Å². The highest BCUT2D eigenvalue weighted by Crippen LogP contribution is 2.38. The lowest BCUT2D eigenvalue weighted by Gasteiger charge is -2.48. The van der Waals surface area contributed by atoms with E-state index in [1.807, 2.05) is 67.6 Å². The lowest BCUT2D eigenvalue weighted by Crippen LogP contribution is -2.67. The van der Waals surface area contributed by atoms with Crippen LogP contribution in [0.4, 0.5) is 15.3 Å². The summed E-state index contributed by atoms with van der Waals surface area (Å²) in [5.41, 5.74) is 4.10. The highest BCUT2D eigenvalue weighted by atomic mass is 35.5. The second kappa shape index (κ2) is 13.4. The average Bonchev–Trinajstić information content (AvgIpc) is 3.36. The number of hydrogen-bond donors (Lipinski definition) is 2. The van der Waals surface area contributed by atoms with Crippen LogP contribution in [0, 0.1) is 6.92 Å². The van der Waals surface area contributed by atoms with Crippen LogP contribution in [0.3, 0.4) is 0 Å². The molecule has 1 fully saturated rings. The number of anilines is 1. The smallest absolute Gasteiger partial charge is 0.412 e. The second-order valence-electron chi connectivity index (χ2n) is 10.8. The van der Waals surface area contributed by atoms with Gasteiger partial charge in [0.25, 0.3) is 0 Å². The van der Waals surface area contributed by atoms with Gasteiger partial charge in [0.05, 0.1) is 6.61 Å². The zero-order chi connectivity index (χ0) is 32.1. The monoisotopic (exact) mass is 630 g/mol. The summed E-state index contributed by atoms with van der Waals surface area (Å²) in [7, 11) is 0. The summed E-state index contributed by atoms with van der Waals surface area (Å²) in [6, 6.07) is 22.3. The molecule has 45 heavy (non-hydrogen) atoms. The molecule has 1 atom stereocenters. The van der Waals surface area contributed by atoms with Gasteiger partial charge in [-0.2, -0.15) is 0 Å². The fourth-order valence-electron chi connectivity index (χ4n) is 5.38. The number of aromatic nitrogens is 1. The zero-order valence-electron chi connectivity index (χ0n) is 25.6. The van der Waals surface area contributed by atoms with Crippen LogP contribution in [0.1, 0.15) is 43.7 Å². The number of esters is 1. The van der Waals surface area contributed by atoms with Gasteiger partial charge in [0, 0.05) is 35.8 Å². The van der Waals surface area contributed by atoms with Crippen molar-refractivity contribution in [3.05, 3.63) is 94.6 Å². The van der Waals surface area contributed by atoms with Crippen LogP contribution in [0.25, 0.3) is 22.5 Å². The molecular formula is C34H35ClN4O6. The fraction of sp³-hybridized carbons (Fsp3) is 0.294. The third kappa shape index (κ3) is 6.51. The molecule has 234 valence electrons. The topological polar surface area (TPSA) is 123 Å². The number of carbonyl (C=O) groups is 3. The molecule has 2 heterocycles.